The Morgan fingerprint density at radius 1 is 1.30 bits per heavy atom. The number of nitrogens with one attached hydrogen (secondary N) is 1. The lowest BCUT2D eigenvalue weighted by Gasteiger charge is -2.30. The van der Waals surface area contributed by atoms with E-state index in [0.717, 1.165) is 23.3 Å². The van der Waals surface area contributed by atoms with E-state index in [1.54, 1.807) is 12.1 Å². The van der Waals surface area contributed by atoms with Gasteiger partial charge in [0.15, 0.2) is 5.65 Å². The van der Waals surface area contributed by atoms with Gasteiger partial charge in [0.25, 0.3) is 0 Å². The number of methoxy groups -OCH3 is 1. The van der Waals surface area contributed by atoms with E-state index in [1.807, 2.05) is 0 Å². The van der Waals surface area contributed by atoms with Gasteiger partial charge in [0, 0.05) is 35.0 Å². The fourth-order valence-corrected chi connectivity index (χ4v) is 3.85. The fourth-order valence-electron chi connectivity index (χ4n) is 3.19. The quantitative estimate of drug-likeness (QED) is 0.673. The first kappa shape index (κ1) is 20.0. The molecule has 0 spiro atoms. The zero-order chi connectivity index (χ0) is 21.6. The summed E-state index contributed by atoms with van der Waals surface area (Å²) in [6.07, 6.45) is 1.76. The lowest BCUT2D eigenvalue weighted by molar-refractivity contribution is 0.141. The summed E-state index contributed by atoms with van der Waals surface area (Å²) in [5, 5.41) is 0.491. The number of fused-ring (bicyclic) bond motifs is 3. The fraction of sp³-hybridized carbons (Fsp3) is 0.211. The van der Waals surface area contributed by atoms with Crippen LogP contribution < -0.4 is 9.64 Å². The van der Waals surface area contributed by atoms with Crippen LogP contribution in [0.3, 0.4) is 0 Å². The summed E-state index contributed by atoms with van der Waals surface area (Å²) in [5.74, 6) is -1.69. The van der Waals surface area contributed by atoms with Crippen LogP contribution in [-0.2, 0) is 27.6 Å². The summed E-state index contributed by atoms with van der Waals surface area (Å²) in [4.78, 5) is 21.8. The highest BCUT2D eigenvalue weighted by Crippen LogP contribution is 2.35. The first-order valence-corrected chi connectivity index (χ1v) is 10.6. The molecule has 8 nitrogen and oxygen atoms in total. The predicted octanol–water partition coefficient (Wildman–Crippen LogP) is 3.61. The monoisotopic (exact) mass is 434 g/mol. The summed E-state index contributed by atoms with van der Waals surface area (Å²) in [7, 11) is -1.85. The second-order valence-electron chi connectivity index (χ2n) is 6.71. The molecule has 0 fully saturated rings. The van der Waals surface area contributed by atoms with E-state index < -0.39 is 39.6 Å². The van der Waals surface area contributed by atoms with Gasteiger partial charge < -0.3 is 9.47 Å². The van der Waals surface area contributed by atoms with Gasteiger partial charge in [0.2, 0.25) is 5.88 Å². The van der Waals surface area contributed by atoms with Gasteiger partial charge in [0.1, 0.15) is 18.2 Å². The third-order valence-electron chi connectivity index (χ3n) is 4.68. The third kappa shape index (κ3) is 3.41. The number of benzene rings is 1. The Kier molecular flexibility index (Phi) is 4.77. The van der Waals surface area contributed by atoms with Gasteiger partial charge >= 0.3 is 6.09 Å². The minimum Gasteiger partial charge on any atom is -0.481 e. The molecule has 0 saturated heterocycles. The van der Waals surface area contributed by atoms with Crippen molar-refractivity contribution in [1.29, 1.82) is 4.78 Å². The van der Waals surface area contributed by atoms with Crippen LogP contribution >= 0.6 is 0 Å². The smallest absolute Gasteiger partial charge is 0.414 e. The Morgan fingerprint density at radius 3 is 2.63 bits per heavy atom. The van der Waals surface area contributed by atoms with Crippen molar-refractivity contribution < 1.29 is 27.3 Å². The maximum absolute atomic E-state index is 14.6. The number of anilines is 1. The summed E-state index contributed by atoms with van der Waals surface area (Å²) in [6.45, 7) is -0.516. The molecule has 0 radical (unpaired) electrons. The lowest BCUT2D eigenvalue weighted by Crippen LogP contribution is -2.36. The zero-order valence-corrected chi connectivity index (χ0v) is 16.8. The number of carbonyl (C=O) groups is 1. The minimum atomic E-state index is -3.31. The van der Waals surface area contributed by atoms with Crippen molar-refractivity contribution in [2.75, 3.05) is 18.3 Å². The van der Waals surface area contributed by atoms with Crippen LogP contribution in [0.4, 0.5) is 19.3 Å². The number of nitrogens with zero attached hydrogens (tertiary/aromatic N) is 3. The van der Waals surface area contributed by atoms with Crippen molar-refractivity contribution in [2.45, 2.75) is 18.0 Å². The maximum Gasteiger partial charge on any atom is 0.414 e. The molecule has 4 rings (SSSR count). The van der Waals surface area contributed by atoms with E-state index in [0.29, 0.717) is 28.2 Å². The molecule has 2 aromatic heterocycles. The van der Waals surface area contributed by atoms with E-state index in [9.17, 15) is 17.8 Å². The van der Waals surface area contributed by atoms with Crippen molar-refractivity contribution in [3.63, 3.8) is 0 Å². The van der Waals surface area contributed by atoms with Crippen LogP contribution in [0.2, 0.25) is 0 Å². The molecular formula is C19H16F2N4O4S. The standard InChI is InChI=1S/C19H16F2N4O4S/c1-28-16-4-3-12-17-10(7-23-18(12)24-16)9-29-19(26)25(17)8-13-14(20)5-11(6-15(13)21)30(2,22)27/h3-7,22H,8-9H2,1-2H3. The Labute approximate surface area is 170 Å². The molecule has 1 atom stereocenters. The Balaban J connectivity index is 1.84. The van der Waals surface area contributed by atoms with E-state index in [1.165, 1.54) is 13.3 Å². The van der Waals surface area contributed by atoms with E-state index >= 15 is 0 Å². The molecule has 1 aromatic carbocycles. The lowest BCUT2D eigenvalue weighted by atomic mass is 10.1. The van der Waals surface area contributed by atoms with Crippen molar-refractivity contribution in [3.05, 3.63) is 53.2 Å². The summed E-state index contributed by atoms with van der Waals surface area (Å²) in [6, 6.07) is 4.94. The van der Waals surface area contributed by atoms with Crippen LogP contribution in [0, 0.1) is 16.4 Å². The van der Waals surface area contributed by atoms with Crippen LogP contribution in [0.5, 0.6) is 5.88 Å². The van der Waals surface area contributed by atoms with Crippen molar-refractivity contribution in [3.8, 4) is 5.88 Å². The largest absolute Gasteiger partial charge is 0.481 e. The number of amides is 1. The number of carbonyl (C=O) groups excluding carboxylic acids is 1. The number of cyclic esters (lactones) is 1. The second-order valence-corrected chi connectivity index (χ2v) is 8.87. The van der Waals surface area contributed by atoms with Gasteiger partial charge in [-0.3, -0.25) is 4.90 Å². The Morgan fingerprint density at radius 2 is 2.00 bits per heavy atom. The highest BCUT2D eigenvalue weighted by atomic mass is 32.2. The van der Waals surface area contributed by atoms with Gasteiger partial charge in [-0.15, -0.1) is 0 Å². The van der Waals surface area contributed by atoms with E-state index in [4.69, 9.17) is 14.3 Å². The highest BCUT2D eigenvalue weighted by molar-refractivity contribution is 7.91. The first-order valence-electron chi connectivity index (χ1n) is 8.67. The number of rotatable bonds is 4. The third-order valence-corrected chi connectivity index (χ3v) is 5.82. The van der Waals surface area contributed by atoms with Gasteiger partial charge in [-0.05, 0) is 18.2 Å². The van der Waals surface area contributed by atoms with Crippen LogP contribution in [-0.4, -0.2) is 33.6 Å². The summed E-state index contributed by atoms with van der Waals surface area (Å²) >= 11 is 0. The molecule has 1 amide bonds. The predicted molar refractivity (Wildman–Crippen MR) is 104 cm³/mol. The molecular weight excluding hydrogens is 418 g/mol. The number of aromatic nitrogens is 2. The maximum atomic E-state index is 14.6. The Bertz CT molecular complexity index is 1270. The van der Waals surface area contributed by atoms with Gasteiger partial charge in [-0.25, -0.2) is 27.5 Å². The van der Waals surface area contributed by atoms with Crippen molar-refractivity contribution >= 4 is 32.5 Å². The Hall–Kier alpha value is -3.34. The van der Waals surface area contributed by atoms with Crippen LogP contribution in [0.1, 0.15) is 11.1 Å². The molecule has 11 heteroatoms. The summed E-state index contributed by atoms with van der Waals surface area (Å²) < 4.78 is 58.9. The number of hydrogen-bond donors (Lipinski definition) is 1. The molecule has 156 valence electrons. The van der Waals surface area contributed by atoms with Gasteiger partial charge in [0.05, 0.1) is 34.0 Å². The minimum absolute atomic E-state index is 0.0414. The van der Waals surface area contributed by atoms with E-state index in [-0.39, 0.29) is 11.5 Å². The van der Waals surface area contributed by atoms with Gasteiger partial charge in [-0.1, -0.05) is 0 Å². The molecule has 1 N–H and O–H groups in total. The highest BCUT2D eigenvalue weighted by Gasteiger charge is 2.30. The number of halogens is 2. The van der Waals surface area contributed by atoms with E-state index in [2.05, 4.69) is 9.97 Å². The molecule has 3 aromatic rings. The molecule has 1 aliphatic rings. The van der Waals surface area contributed by atoms with Crippen LogP contribution in [0.25, 0.3) is 11.0 Å². The number of ether oxygens (including phenoxy) is 2. The molecule has 1 aliphatic heterocycles. The zero-order valence-electron chi connectivity index (χ0n) is 15.9. The first-order chi connectivity index (χ1) is 14.2. The van der Waals surface area contributed by atoms with Gasteiger partial charge in [-0.2, -0.15) is 4.98 Å². The molecule has 0 bridgehead atoms. The number of pyridine rings is 2. The van der Waals surface area contributed by atoms with Crippen molar-refractivity contribution in [1.82, 2.24) is 9.97 Å². The average Bonchev–Trinajstić information content (AvgIpc) is 2.70. The SMILES string of the molecule is COc1ccc2c3c(cnc2n1)COC(=O)N3Cc1c(F)cc(S(C)(=N)=O)cc1F. The number of hydrogen-bond acceptors (Lipinski definition) is 7. The van der Waals surface area contributed by atoms with Crippen LogP contribution in [0.15, 0.2) is 35.4 Å². The normalized spacial score (nSPS) is 15.5. The molecule has 0 aliphatic carbocycles. The molecule has 30 heavy (non-hydrogen) atoms. The molecule has 1 unspecified atom stereocenters. The topological polar surface area (TPSA) is 105 Å². The van der Waals surface area contributed by atoms with Crippen molar-refractivity contribution in [2.24, 2.45) is 0 Å². The summed E-state index contributed by atoms with van der Waals surface area (Å²) in [5.41, 5.74) is 0.811. The average molecular weight is 434 g/mol. The second kappa shape index (κ2) is 7.17. The molecule has 0 saturated carbocycles. The molecule has 3 heterocycles.